The van der Waals surface area contributed by atoms with Crippen LogP contribution in [0.1, 0.15) is 37.0 Å². The highest BCUT2D eigenvalue weighted by atomic mass is 32.2. The van der Waals surface area contributed by atoms with Gasteiger partial charge in [0.15, 0.2) is 0 Å². The summed E-state index contributed by atoms with van der Waals surface area (Å²) in [5.74, 6) is -0.629. The van der Waals surface area contributed by atoms with Crippen molar-refractivity contribution in [3.05, 3.63) is 71.0 Å². The fourth-order valence-corrected chi connectivity index (χ4v) is 4.20. The Balaban J connectivity index is 1.92. The maximum absolute atomic E-state index is 13.2. The molecule has 0 aliphatic carbocycles. The number of hydrogen-bond donors (Lipinski definition) is 2. The lowest BCUT2D eigenvalue weighted by Gasteiger charge is -2.13. The highest BCUT2D eigenvalue weighted by molar-refractivity contribution is 7.88. The molecule has 0 spiro atoms. The Hall–Kier alpha value is -2.25. The lowest BCUT2D eigenvalue weighted by atomic mass is 10.1. The number of halogens is 1. The van der Waals surface area contributed by atoms with E-state index in [1.54, 1.807) is 50.2 Å². The molecule has 0 aromatic heterocycles. The first kappa shape index (κ1) is 21.1. The summed E-state index contributed by atoms with van der Waals surface area (Å²) < 4.78 is 40.0. The van der Waals surface area contributed by atoms with E-state index >= 15 is 0 Å². The standard InChI is InChI=1S/C20H25FN2O3S/c1-15(2)23-27(25,26)14-18-8-4-3-7-17(18)13-22-20(24)11-10-16-6-5-9-19(21)12-16/h3-9,12,15,23H,10-11,13-14H2,1-2H3,(H,22,24). The van der Waals surface area contributed by atoms with Crippen LogP contribution in [0.5, 0.6) is 0 Å². The van der Waals surface area contributed by atoms with Crippen molar-refractivity contribution in [1.82, 2.24) is 10.0 Å². The van der Waals surface area contributed by atoms with E-state index in [9.17, 15) is 17.6 Å². The highest BCUT2D eigenvalue weighted by Gasteiger charge is 2.15. The van der Waals surface area contributed by atoms with Crippen molar-refractivity contribution >= 4 is 15.9 Å². The van der Waals surface area contributed by atoms with Gasteiger partial charge >= 0.3 is 0 Å². The molecule has 0 aliphatic heterocycles. The van der Waals surface area contributed by atoms with Gasteiger partial charge in [-0.3, -0.25) is 4.79 Å². The molecule has 0 saturated carbocycles. The molecule has 0 saturated heterocycles. The molecule has 146 valence electrons. The minimum absolute atomic E-state index is 0.138. The van der Waals surface area contributed by atoms with E-state index in [1.165, 1.54) is 12.1 Å². The van der Waals surface area contributed by atoms with Gasteiger partial charge in [-0.25, -0.2) is 17.5 Å². The van der Waals surface area contributed by atoms with Crippen LogP contribution in [-0.2, 0) is 33.5 Å². The summed E-state index contributed by atoms with van der Waals surface area (Å²) in [7, 11) is -3.44. The molecule has 0 unspecified atom stereocenters. The van der Waals surface area contributed by atoms with E-state index in [0.717, 1.165) is 11.1 Å². The fraction of sp³-hybridized carbons (Fsp3) is 0.350. The first-order valence-corrected chi connectivity index (χ1v) is 10.5. The van der Waals surface area contributed by atoms with Crippen LogP contribution in [0.3, 0.4) is 0 Å². The molecule has 27 heavy (non-hydrogen) atoms. The van der Waals surface area contributed by atoms with Crippen LogP contribution >= 0.6 is 0 Å². The van der Waals surface area contributed by atoms with Gasteiger partial charge in [-0.1, -0.05) is 36.4 Å². The van der Waals surface area contributed by atoms with E-state index in [4.69, 9.17) is 0 Å². The second-order valence-corrected chi connectivity index (χ2v) is 8.46. The molecule has 0 fully saturated rings. The molecule has 1 amide bonds. The van der Waals surface area contributed by atoms with Crippen LogP contribution in [0.4, 0.5) is 4.39 Å². The molecular formula is C20H25FN2O3S. The molecule has 5 nitrogen and oxygen atoms in total. The average Bonchev–Trinajstić information content (AvgIpc) is 2.58. The zero-order valence-electron chi connectivity index (χ0n) is 15.5. The maximum atomic E-state index is 13.2. The van der Waals surface area contributed by atoms with Gasteiger partial charge in [0, 0.05) is 19.0 Å². The van der Waals surface area contributed by atoms with Crippen LogP contribution in [-0.4, -0.2) is 20.4 Å². The van der Waals surface area contributed by atoms with Crippen molar-refractivity contribution < 1.29 is 17.6 Å². The van der Waals surface area contributed by atoms with Crippen LogP contribution in [0.2, 0.25) is 0 Å². The molecular weight excluding hydrogens is 367 g/mol. The third-order valence-corrected chi connectivity index (χ3v) is 5.41. The normalized spacial score (nSPS) is 11.6. The van der Waals surface area contributed by atoms with E-state index in [0.29, 0.717) is 12.0 Å². The molecule has 2 rings (SSSR count). The van der Waals surface area contributed by atoms with Crippen LogP contribution in [0.25, 0.3) is 0 Å². The second kappa shape index (κ2) is 9.62. The van der Waals surface area contributed by atoms with Crippen LogP contribution in [0.15, 0.2) is 48.5 Å². The van der Waals surface area contributed by atoms with Gasteiger partial charge in [-0.05, 0) is 49.1 Å². The number of carbonyl (C=O) groups is 1. The number of rotatable bonds is 9. The molecule has 0 atom stereocenters. The molecule has 2 aromatic rings. The van der Waals surface area contributed by atoms with Crippen molar-refractivity contribution in [2.24, 2.45) is 0 Å². The summed E-state index contributed by atoms with van der Waals surface area (Å²) in [5, 5.41) is 2.80. The SMILES string of the molecule is CC(C)NS(=O)(=O)Cc1ccccc1CNC(=O)CCc1cccc(F)c1. The summed E-state index contributed by atoms with van der Waals surface area (Å²) in [4.78, 5) is 12.1. The zero-order chi connectivity index (χ0) is 19.9. The molecule has 0 heterocycles. The van der Waals surface area contributed by atoms with Crippen molar-refractivity contribution in [3.8, 4) is 0 Å². The van der Waals surface area contributed by atoms with E-state index in [1.807, 2.05) is 0 Å². The number of nitrogens with one attached hydrogen (secondary N) is 2. The minimum Gasteiger partial charge on any atom is -0.352 e. The van der Waals surface area contributed by atoms with Gasteiger partial charge in [0.1, 0.15) is 5.82 Å². The summed E-state index contributed by atoms with van der Waals surface area (Å²) in [6.45, 7) is 3.78. The predicted octanol–water partition coefficient (Wildman–Crippen LogP) is 2.90. The number of aryl methyl sites for hydroxylation is 1. The summed E-state index contributed by atoms with van der Waals surface area (Å²) >= 11 is 0. The smallest absolute Gasteiger partial charge is 0.220 e. The van der Waals surface area contributed by atoms with Crippen LogP contribution in [0, 0.1) is 5.82 Å². The topological polar surface area (TPSA) is 75.3 Å². The zero-order valence-corrected chi connectivity index (χ0v) is 16.4. The number of benzene rings is 2. The Morgan fingerprint density at radius 2 is 1.78 bits per heavy atom. The summed E-state index contributed by atoms with van der Waals surface area (Å²) in [5.41, 5.74) is 2.17. The highest BCUT2D eigenvalue weighted by Crippen LogP contribution is 2.13. The summed E-state index contributed by atoms with van der Waals surface area (Å²) in [6, 6.07) is 13.1. The maximum Gasteiger partial charge on any atom is 0.220 e. The van der Waals surface area contributed by atoms with Crippen molar-refractivity contribution in [3.63, 3.8) is 0 Å². The molecule has 2 N–H and O–H groups in total. The van der Waals surface area contributed by atoms with Gasteiger partial charge in [-0.2, -0.15) is 0 Å². The molecule has 0 aliphatic rings. The first-order valence-electron chi connectivity index (χ1n) is 8.83. The molecule has 0 radical (unpaired) electrons. The Kier molecular flexibility index (Phi) is 7.50. The molecule has 7 heteroatoms. The van der Waals surface area contributed by atoms with E-state index < -0.39 is 10.0 Å². The number of carbonyl (C=O) groups excluding carboxylic acids is 1. The predicted molar refractivity (Wildman–Crippen MR) is 104 cm³/mol. The Bertz CT molecular complexity index is 882. The van der Waals surface area contributed by atoms with Gasteiger partial charge in [0.05, 0.1) is 5.75 Å². The monoisotopic (exact) mass is 392 g/mol. The molecule has 0 bridgehead atoms. The van der Waals surface area contributed by atoms with E-state index in [2.05, 4.69) is 10.0 Å². The number of hydrogen-bond acceptors (Lipinski definition) is 3. The first-order chi connectivity index (χ1) is 12.7. The third-order valence-electron chi connectivity index (χ3n) is 3.88. The lowest BCUT2D eigenvalue weighted by molar-refractivity contribution is -0.121. The van der Waals surface area contributed by atoms with E-state index in [-0.39, 0.29) is 36.5 Å². The van der Waals surface area contributed by atoms with Crippen molar-refractivity contribution in [2.75, 3.05) is 0 Å². The largest absolute Gasteiger partial charge is 0.352 e. The Labute approximate surface area is 160 Å². The quantitative estimate of drug-likeness (QED) is 0.689. The summed E-state index contributed by atoms with van der Waals surface area (Å²) in [6.07, 6.45) is 0.677. The Morgan fingerprint density at radius 1 is 1.07 bits per heavy atom. The van der Waals surface area contributed by atoms with Crippen molar-refractivity contribution in [2.45, 2.75) is 45.0 Å². The average molecular weight is 392 g/mol. The van der Waals surface area contributed by atoms with Gasteiger partial charge in [0.25, 0.3) is 0 Å². The van der Waals surface area contributed by atoms with Gasteiger partial charge in [-0.15, -0.1) is 0 Å². The number of amides is 1. The lowest BCUT2D eigenvalue weighted by Crippen LogP contribution is -2.32. The fourth-order valence-electron chi connectivity index (χ4n) is 2.71. The van der Waals surface area contributed by atoms with Crippen molar-refractivity contribution in [1.29, 1.82) is 0 Å². The number of sulfonamides is 1. The van der Waals surface area contributed by atoms with Gasteiger partial charge < -0.3 is 5.32 Å². The Morgan fingerprint density at radius 3 is 2.44 bits per heavy atom. The molecule has 2 aromatic carbocycles. The third kappa shape index (κ3) is 7.48. The van der Waals surface area contributed by atoms with Gasteiger partial charge in [0.2, 0.25) is 15.9 Å². The van der Waals surface area contributed by atoms with Crippen LogP contribution < -0.4 is 10.0 Å². The second-order valence-electron chi connectivity index (χ2n) is 6.71. The minimum atomic E-state index is -3.44.